The van der Waals surface area contributed by atoms with Crippen LogP contribution in [0.5, 0.6) is 0 Å². The van der Waals surface area contributed by atoms with Gasteiger partial charge in [0.2, 0.25) is 11.7 Å². The number of carbonyl (C=O) groups is 2. The third-order valence-electron chi connectivity index (χ3n) is 9.64. The molecular weight excluding hydrogens is 673 g/mol. The third-order valence-corrected chi connectivity index (χ3v) is 9.64. The molecule has 4 amide bonds. The number of rotatable bonds is 6. The Labute approximate surface area is 310 Å². The molecule has 0 saturated heterocycles. The molecule has 256 valence electrons. The molecule has 0 bridgehead atoms. The minimum atomic E-state index is -0.404. The van der Waals surface area contributed by atoms with E-state index in [2.05, 4.69) is 12.1 Å². The van der Waals surface area contributed by atoms with Crippen molar-refractivity contribution in [2.24, 2.45) is 10.2 Å². The molecule has 0 fully saturated rings. The van der Waals surface area contributed by atoms with E-state index in [1.54, 1.807) is 0 Å². The summed E-state index contributed by atoms with van der Waals surface area (Å²) < 4.78 is 0. The second-order valence-electron chi connectivity index (χ2n) is 12.8. The predicted molar refractivity (Wildman–Crippen MR) is 212 cm³/mol. The minimum Gasteiger partial charge on any atom is -0.244 e. The topological polar surface area (TPSA) is 100 Å². The molecule has 4 aliphatic rings. The molecule has 10 heteroatoms. The number of hydrogen-bond donors (Lipinski definition) is 0. The summed E-state index contributed by atoms with van der Waals surface area (Å²) in [6, 6.07) is 52.8. The molecule has 0 unspecified atom stereocenters. The lowest BCUT2D eigenvalue weighted by atomic mass is 9.97. The smallest absolute Gasteiger partial charge is 0.244 e. The molecule has 2 aliphatic carbocycles. The zero-order valence-electron chi connectivity index (χ0n) is 28.6. The maximum atomic E-state index is 14.1. The summed E-state index contributed by atoms with van der Waals surface area (Å²) in [6.07, 6.45) is 0. The normalized spacial score (nSPS) is 16.1. The highest BCUT2D eigenvalue weighted by Crippen LogP contribution is 2.56. The van der Waals surface area contributed by atoms with E-state index in [-0.39, 0.29) is 0 Å². The van der Waals surface area contributed by atoms with Gasteiger partial charge >= 0.3 is 12.1 Å². The van der Waals surface area contributed by atoms with Crippen LogP contribution in [0.25, 0.3) is 22.3 Å². The van der Waals surface area contributed by atoms with Gasteiger partial charge in [-0.3, -0.25) is 0 Å². The maximum absolute atomic E-state index is 14.1. The Morgan fingerprint density at radius 2 is 0.556 bits per heavy atom. The molecule has 2 radical (unpaired) electrons. The Balaban J connectivity index is 1.22. The number of nitrogens with zero attached hydrogens (tertiary/aromatic N) is 8. The zero-order valence-corrected chi connectivity index (χ0v) is 28.6. The largest absolute Gasteiger partial charge is 0.370 e. The zero-order chi connectivity index (χ0) is 36.2. The number of anilines is 4. The van der Waals surface area contributed by atoms with E-state index in [1.807, 2.05) is 158 Å². The van der Waals surface area contributed by atoms with E-state index in [4.69, 9.17) is 21.1 Å². The van der Waals surface area contributed by atoms with Crippen LogP contribution < -0.4 is 30.9 Å². The number of hydrazone groups is 2. The van der Waals surface area contributed by atoms with Crippen molar-refractivity contribution in [2.45, 2.75) is 0 Å². The number of allylic oxidation sites excluding steroid dienone is 2. The molecule has 2 heterocycles. The number of amides is 4. The molecule has 6 aromatic carbocycles. The number of para-hydroxylation sites is 4. The van der Waals surface area contributed by atoms with Crippen LogP contribution in [-0.4, -0.2) is 23.7 Å². The summed E-state index contributed by atoms with van der Waals surface area (Å²) in [5, 5.41) is 15.5. The van der Waals surface area contributed by atoms with Gasteiger partial charge in [-0.1, -0.05) is 121 Å². The first kappa shape index (κ1) is 31.1. The van der Waals surface area contributed by atoms with Gasteiger partial charge in [0, 0.05) is 22.3 Å². The number of amidine groups is 2. The molecule has 0 spiro atoms. The van der Waals surface area contributed by atoms with Crippen LogP contribution in [0.15, 0.2) is 180 Å². The van der Waals surface area contributed by atoms with Crippen LogP contribution in [0.3, 0.4) is 0 Å². The number of benzene rings is 6. The summed E-state index contributed by atoms with van der Waals surface area (Å²) in [5.74, 6) is 0.732. The molecular formula is C44H28N8O2. The highest BCUT2D eigenvalue weighted by molar-refractivity contribution is 6.51. The predicted octanol–water partition coefficient (Wildman–Crippen LogP) is 8.79. The van der Waals surface area contributed by atoms with Crippen LogP contribution in [0.1, 0.15) is 22.3 Å². The van der Waals surface area contributed by atoms with Gasteiger partial charge < -0.3 is 0 Å². The van der Waals surface area contributed by atoms with E-state index >= 15 is 0 Å². The number of carbonyl (C=O) groups excluding carboxylic acids is 2. The molecule has 0 N–H and O–H groups in total. The van der Waals surface area contributed by atoms with Crippen LogP contribution in [0, 0.1) is 0 Å². The molecule has 10 nitrogen and oxygen atoms in total. The van der Waals surface area contributed by atoms with Crippen molar-refractivity contribution < 1.29 is 9.59 Å². The van der Waals surface area contributed by atoms with Gasteiger partial charge in [0.25, 0.3) is 0 Å². The average molecular weight is 701 g/mol. The summed E-state index contributed by atoms with van der Waals surface area (Å²) in [7, 11) is 0. The van der Waals surface area contributed by atoms with Gasteiger partial charge in [0.15, 0.2) is 0 Å². The van der Waals surface area contributed by atoms with E-state index in [9.17, 15) is 9.59 Å². The maximum Gasteiger partial charge on any atom is 0.370 e. The van der Waals surface area contributed by atoms with E-state index in [0.717, 1.165) is 44.5 Å². The lowest BCUT2D eigenvalue weighted by Gasteiger charge is -2.32. The lowest BCUT2D eigenvalue weighted by Crippen LogP contribution is -2.52. The van der Waals surface area contributed by atoms with Crippen molar-refractivity contribution in [2.75, 3.05) is 20.0 Å². The van der Waals surface area contributed by atoms with Crippen LogP contribution in [0.4, 0.5) is 32.3 Å². The fourth-order valence-corrected chi connectivity index (χ4v) is 7.28. The van der Waals surface area contributed by atoms with Gasteiger partial charge in [-0.25, -0.2) is 9.59 Å². The molecule has 54 heavy (non-hydrogen) atoms. The molecule has 0 aromatic heterocycles. The molecule has 2 aliphatic heterocycles. The number of fused-ring (bicyclic) bond motifs is 5. The van der Waals surface area contributed by atoms with Crippen molar-refractivity contribution in [3.05, 3.63) is 192 Å². The van der Waals surface area contributed by atoms with Crippen LogP contribution in [0.2, 0.25) is 0 Å². The Morgan fingerprint density at radius 3 is 0.870 bits per heavy atom. The van der Waals surface area contributed by atoms with E-state index < -0.39 is 12.1 Å². The Hall–Kier alpha value is -7.72. The lowest BCUT2D eigenvalue weighted by molar-refractivity contribution is 0.248. The van der Waals surface area contributed by atoms with Crippen LogP contribution >= 0.6 is 0 Å². The second-order valence-corrected chi connectivity index (χ2v) is 12.8. The molecule has 6 aromatic rings. The van der Waals surface area contributed by atoms with Gasteiger partial charge in [-0.05, 0) is 70.8 Å². The van der Waals surface area contributed by atoms with Gasteiger partial charge in [0.1, 0.15) is 0 Å². The standard InChI is InChI=1S/C44H28N8O2/c53-43-49(29-17-5-1-6-18-29)45-41(46-50(43)30-19-7-2-8-20-30)39-35-27-15-13-25-33(35)38-37(39)34-26-14-16-28-36(34)40(38)42-47-51(31-21-9-3-10-22-31)44(54)52(48-42)32-23-11-4-12-24-32/h1-28H. The van der Waals surface area contributed by atoms with Gasteiger partial charge in [-0.2, -0.15) is 20.0 Å². The van der Waals surface area contributed by atoms with Crippen LogP contribution in [-0.2, 0) is 0 Å². The highest BCUT2D eigenvalue weighted by Gasteiger charge is 2.45. The molecule has 0 atom stereocenters. The first-order chi connectivity index (χ1) is 26.7. The number of urea groups is 2. The van der Waals surface area contributed by atoms with Crippen molar-refractivity contribution in [3.8, 4) is 0 Å². The SMILES string of the molecule is O=C1N(c2ccccc2)[N]C(C2=C3C(=C(C4=NN(c5ccccc5)C(=O)N(c5ccccc5)[N]4)c4ccccc43)c3ccccc32)=NN1c1ccccc1. The Bertz CT molecular complexity index is 2420. The van der Waals surface area contributed by atoms with Crippen molar-refractivity contribution in [3.63, 3.8) is 0 Å². The fourth-order valence-electron chi connectivity index (χ4n) is 7.28. The quantitative estimate of drug-likeness (QED) is 0.174. The Morgan fingerprint density at radius 1 is 0.296 bits per heavy atom. The van der Waals surface area contributed by atoms with E-state index in [1.165, 1.54) is 20.0 Å². The summed E-state index contributed by atoms with van der Waals surface area (Å²) >= 11 is 0. The number of hydrogen-bond acceptors (Lipinski definition) is 4. The minimum absolute atomic E-state index is 0.366. The van der Waals surface area contributed by atoms with Crippen molar-refractivity contribution >= 4 is 68.8 Å². The summed E-state index contributed by atoms with van der Waals surface area (Å²) in [6.45, 7) is 0. The summed E-state index contributed by atoms with van der Waals surface area (Å²) in [4.78, 5) is 28.2. The highest BCUT2D eigenvalue weighted by atomic mass is 16.2. The molecule has 10 rings (SSSR count). The second kappa shape index (κ2) is 12.5. The van der Waals surface area contributed by atoms with E-state index in [0.29, 0.717) is 34.4 Å². The van der Waals surface area contributed by atoms with Crippen molar-refractivity contribution in [1.29, 1.82) is 0 Å². The first-order valence-electron chi connectivity index (χ1n) is 17.4. The van der Waals surface area contributed by atoms with Crippen molar-refractivity contribution in [1.82, 2.24) is 10.9 Å². The Kier molecular flexibility index (Phi) is 7.19. The monoisotopic (exact) mass is 700 g/mol. The van der Waals surface area contributed by atoms with Gasteiger partial charge in [-0.15, -0.1) is 21.1 Å². The molecule has 0 saturated carbocycles. The fraction of sp³-hybridized carbons (Fsp3) is 0. The van der Waals surface area contributed by atoms with Gasteiger partial charge in [0.05, 0.1) is 22.7 Å². The first-order valence-corrected chi connectivity index (χ1v) is 17.4. The summed E-state index contributed by atoms with van der Waals surface area (Å²) in [5.41, 5.74) is 19.4. The third kappa shape index (κ3) is 4.89. The average Bonchev–Trinajstić information content (AvgIpc) is 3.75.